The minimum absolute atomic E-state index is 0. The van der Waals surface area contributed by atoms with E-state index in [9.17, 15) is 0 Å². The molecule has 0 spiro atoms. The van der Waals surface area contributed by atoms with Gasteiger partial charge in [-0.3, -0.25) is 4.99 Å². The highest BCUT2D eigenvalue weighted by Gasteiger charge is 2.15. The molecule has 1 N–H and O–H groups in total. The molecule has 0 aromatic heterocycles. The van der Waals surface area contributed by atoms with E-state index in [-0.39, 0.29) is 24.0 Å². The van der Waals surface area contributed by atoms with Gasteiger partial charge in [-0.25, -0.2) is 0 Å². The highest BCUT2D eigenvalue weighted by atomic mass is 127. The molecule has 0 bridgehead atoms. The molecule has 0 amide bonds. The van der Waals surface area contributed by atoms with Crippen molar-refractivity contribution in [1.29, 1.82) is 0 Å². The van der Waals surface area contributed by atoms with Gasteiger partial charge in [-0.05, 0) is 43.9 Å². The Morgan fingerprint density at radius 1 is 1.48 bits per heavy atom. The van der Waals surface area contributed by atoms with E-state index >= 15 is 0 Å². The van der Waals surface area contributed by atoms with Gasteiger partial charge in [0.25, 0.3) is 0 Å². The minimum atomic E-state index is 0. The van der Waals surface area contributed by atoms with Crippen molar-refractivity contribution < 1.29 is 4.74 Å². The SMILES string of the molecule is CCNC(=NCCC1CCCO1)N(C)Cc1cccc(Cl)c1.I. The van der Waals surface area contributed by atoms with E-state index in [4.69, 9.17) is 21.3 Å². The van der Waals surface area contributed by atoms with Crippen molar-refractivity contribution in [2.75, 3.05) is 26.7 Å². The van der Waals surface area contributed by atoms with Crippen LogP contribution in [0.5, 0.6) is 0 Å². The Kier molecular flexibility index (Phi) is 9.90. The van der Waals surface area contributed by atoms with Crippen LogP contribution < -0.4 is 5.32 Å². The number of aliphatic imine (C=N–C) groups is 1. The molecule has 1 aliphatic rings. The first-order valence-electron chi connectivity index (χ1n) is 8.04. The zero-order valence-corrected chi connectivity index (χ0v) is 17.0. The van der Waals surface area contributed by atoms with Crippen molar-refractivity contribution in [2.24, 2.45) is 4.99 Å². The predicted molar refractivity (Wildman–Crippen MR) is 108 cm³/mol. The lowest BCUT2D eigenvalue weighted by Crippen LogP contribution is -2.38. The number of hydrogen-bond donors (Lipinski definition) is 1. The molecule has 1 aliphatic heterocycles. The fourth-order valence-corrected chi connectivity index (χ4v) is 2.85. The summed E-state index contributed by atoms with van der Waals surface area (Å²) < 4.78 is 5.65. The Balaban J connectivity index is 0.00000264. The van der Waals surface area contributed by atoms with Crippen molar-refractivity contribution in [3.63, 3.8) is 0 Å². The monoisotopic (exact) mass is 451 g/mol. The van der Waals surface area contributed by atoms with Crippen LogP contribution in [0.15, 0.2) is 29.3 Å². The Labute approximate surface area is 161 Å². The molecule has 1 unspecified atom stereocenters. The largest absolute Gasteiger partial charge is 0.378 e. The molecule has 1 saturated heterocycles. The number of benzene rings is 1. The molecule has 1 aromatic carbocycles. The van der Waals surface area contributed by atoms with Crippen molar-refractivity contribution in [3.8, 4) is 0 Å². The molecule has 1 heterocycles. The van der Waals surface area contributed by atoms with Crippen LogP contribution in [0.4, 0.5) is 0 Å². The lowest BCUT2D eigenvalue weighted by molar-refractivity contribution is 0.106. The van der Waals surface area contributed by atoms with Gasteiger partial charge < -0.3 is 15.0 Å². The van der Waals surface area contributed by atoms with E-state index < -0.39 is 0 Å². The number of ether oxygens (including phenoxy) is 1. The Hall–Kier alpha value is -0.530. The standard InChI is InChI=1S/C17H26ClN3O.HI/c1-3-19-17(20-10-9-16-8-5-11-22-16)21(2)13-14-6-4-7-15(18)12-14;/h4,6-7,12,16H,3,5,8-11,13H2,1-2H3,(H,19,20);1H. The Morgan fingerprint density at radius 2 is 2.30 bits per heavy atom. The molecule has 1 atom stereocenters. The maximum atomic E-state index is 6.05. The third-order valence-electron chi connectivity index (χ3n) is 3.74. The maximum Gasteiger partial charge on any atom is 0.193 e. The number of guanidine groups is 1. The van der Waals surface area contributed by atoms with Gasteiger partial charge in [0.1, 0.15) is 0 Å². The van der Waals surface area contributed by atoms with Crippen LogP contribution in [0.3, 0.4) is 0 Å². The van der Waals surface area contributed by atoms with E-state index in [2.05, 4.69) is 30.3 Å². The van der Waals surface area contributed by atoms with Crippen LogP contribution >= 0.6 is 35.6 Å². The summed E-state index contributed by atoms with van der Waals surface area (Å²) in [6, 6.07) is 7.95. The first-order chi connectivity index (χ1) is 10.7. The van der Waals surface area contributed by atoms with Crippen molar-refractivity contribution in [3.05, 3.63) is 34.9 Å². The number of halogens is 2. The summed E-state index contributed by atoms with van der Waals surface area (Å²) in [4.78, 5) is 6.84. The first-order valence-corrected chi connectivity index (χ1v) is 8.42. The van der Waals surface area contributed by atoms with E-state index in [0.29, 0.717) is 6.10 Å². The molecular formula is C17H27ClIN3O. The Morgan fingerprint density at radius 3 is 2.96 bits per heavy atom. The normalized spacial score (nSPS) is 17.7. The van der Waals surface area contributed by atoms with Crippen LogP contribution in [0.25, 0.3) is 0 Å². The van der Waals surface area contributed by atoms with Crippen LogP contribution in [0.2, 0.25) is 5.02 Å². The molecular weight excluding hydrogens is 425 g/mol. The molecule has 1 aromatic rings. The second-order valence-corrected chi connectivity index (χ2v) is 6.08. The molecule has 1 fully saturated rings. The fraction of sp³-hybridized carbons (Fsp3) is 0.588. The summed E-state index contributed by atoms with van der Waals surface area (Å²) in [5.41, 5.74) is 1.18. The maximum absolute atomic E-state index is 6.05. The Bertz CT molecular complexity index is 492. The predicted octanol–water partition coefficient (Wildman–Crippen LogP) is 3.92. The summed E-state index contributed by atoms with van der Waals surface area (Å²) >= 11 is 6.05. The quantitative estimate of drug-likeness (QED) is 0.405. The molecule has 0 saturated carbocycles. The topological polar surface area (TPSA) is 36.9 Å². The number of nitrogens with zero attached hydrogens (tertiary/aromatic N) is 2. The summed E-state index contributed by atoms with van der Waals surface area (Å²) in [5.74, 6) is 0.931. The van der Waals surface area contributed by atoms with E-state index in [1.807, 2.05) is 18.2 Å². The van der Waals surface area contributed by atoms with Crippen LogP contribution in [0.1, 0.15) is 31.7 Å². The molecule has 130 valence electrons. The molecule has 0 aliphatic carbocycles. The van der Waals surface area contributed by atoms with Crippen LogP contribution in [0, 0.1) is 0 Å². The smallest absolute Gasteiger partial charge is 0.193 e. The lowest BCUT2D eigenvalue weighted by Gasteiger charge is -2.22. The van der Waals surface area contributed by atoms with Crippen molar-refractivity contribution in [1.82, 2.24) is 10.2 Å². The molecule has 4 nitrogen and oxygen atoms in total. The minimum Gasteiger partial charge on any atom is -0.378 e. The summed E-state index contributed by atoms with van der Waals surface area (Å²) in [6.45, 7) is 5.43. The van der Waals surface area contributed by atoms with Gasteiger partial charge in [0.2, 0.25) is 0 Å². The zero-order valence-electron chi connectivity index (χ0n) is 13.9. The second-order valence-electron chi connectivity index (χ2n) is 5.65. The van der Waals surface area contributed by atoms with E-state index in [1.54, 1.807) is 0 Å². The average molecular weight is 452 g/mol. The van der Waals surface area contributed by atoms with Gasteiger partial charge in [0.05, 0.1) is 6.10 Å². The highest BCUT2D eigenvalue weighted by Crippen LogP contribution is 2.15. The lowest BCUT2D eigenvalue weighted by atomic mass is 10.2. The van der Waals surface area contributed by atoms with E-state index in [1.165, 1.54) is 18.4 Å². The summed E-state index contributed by atoms with van der Waals surface area (Å²) in [6.07, 6.45) is 3.75. The van der Waals surface area contributed by atoms with Gasteiger partial charge in [-0.1, -0.05) is 23.7 Å². The van der Waals surface area contributed by atoms with Gasteiger partial charge in [0, 0.05) is 38.3 Å². The molecule has 6 heteroatoms. The summed E-state index contributed by atoms with van der Waals surface area (Å²) in [5, 5.41) is 4.11. The molecule has 2 rings (SSSR count). The third-order valence-corrected chi connectivity index (χ3v) is 3.98. The van der Waals surface area contributed by atoms with Gasteiger partial charge in [-0.2, -0.15) is 0 Å². The van der Waals surface area contributed by atoms with Gasteiger partial charge in [-0.15, -0.1) is 24.0 Å². The highest BCUT2D eigenvalue weighted by molar-refractivity contribution is 14.0. The fourth-order valence-electron chi connectivity index (χ4n) is 2.64. The summed E-state index contributed by atoms with van der Waals surface area (Å²) in [7, 11) is 2.05. The van der Waals surface area contributed by atoms with Gasteiger partial charge in [0.15, 0.2) is 5.96 Å². The average Bonchev–Trinajstić information content (AvgIpc) is 2.99. The van der Waals surface area contributed by atoms with Crippen molar-refractivity contribution >= 4 is 41.5 Å². The van der Waals surface area contributed by atoms with Gasteiger partial charge >= 0.3 is 0 Å². The zero-order chi connectivity index (χ0) is 15.8. The second kappa shape index (κ2) is 11.1. The third kappa shape index (κ3) is 7.27. The number of nitrogens with one attached hydrogen (secondary N) is 1. The van der Waals surface area contributed by atoms with Crippen molar-refractivity contribution in [2.45, 2.75) is 38.8 Å². The number of hydrogen-bond acceptors (Lipinski definition) is 2. The van der Waals surface area contributed by atoms with Crippen LogP contribution in [-0.4, -0.2) is 43.7 Å². The molecule has 0 radical (unpaired) electrons. The first kappa shape index (κ1) is 20.5. The van der Waals surface area contributed by atoms with E-state index in [0.717, 1.165) is 43.6 Å². The van der Waals surface area contributed by atoms with Crippen LogP contribution in [-0.2, 0) is 11.3 Å². The number of rotatable bonds is 6. The molecule has 23 heavy (non-hydrogen) atoms.